The first-order valence-corrected chi connectivity index (χ1v) is 5.20. The van der Waals surface area contributed by atoms with Gasteiger partial charge in [0, 0.05) is 22.5 Å². The summed E-state index contributed by atoms with van der Waals surface area (Å²) in [5.41, 5.74) is 0.264. The highest BCUT2D eigenvalue weighted by molar-refractivity contribution is 5.93. The van der Waals surface area contributed by atoms with Gasteiger partial charge >= 0.3 is 5.97 Å². The zero-order chi connectivity index (χ0) is 13.5. The number of hydrogen-bond acceptors (Lipinski definition) is 4. The third kappa shape index (κ3) is 3.97. The van der Waals surface area contributed by atoms with E-state index >= 15 is 0 Å². The van der Waals surface area contributed by atoms with Crippen LogP contribution in [0.25, 0.3) is 6.08 Å². The van der Waals surface area contributed by atoms with E-state index in [1.807, 2.05) is 0 Å². The Labute approximate surface area is 103 Å². The van der Waals surface area contributed by atoms with Crippen molar-refractivity contribution in [1.29, 1.82) is 0 Å². The number of rotatable bonds is 5. The second-order valence-corrected chi connectivity index (χ2v) is 3.49. The molecular weight excluding hydrogens is 241 g/mol. The zero-order valence-corrected chi connectivity index (χ0v) is 9.76. The maximum atomic E-state index is 13.4. The highest BCUT2D eigenvalue weighted by atomic mass is 19.1. The molecule has 18 heavy (non-hydrogen) atoms. The SMILES string of the molecule is COC(=O)/C(=C/c1ccccc1F)CC[N+](=O)[O-]. The molecule has 5 nitrogen and oxygen atoms in total. The van der Waals surface area contributed by atoms with Crippen LogP contribution in [0.4, 0.5) is 4.39 Å². The molecule has 0 fully saturated rings. The van der Waals surface area contributed by atoms with Crippen LogP contribution in [0.5, 0.6) is 0 Å². The first-order valence-electron chi connectivity index (χ1n) is 5.20. The van der Waals surface area contributed by atoms with Gasteiger partial charge in [-0.25, -0.2) is 9.18 Å². The van der Waals surface area contributed by atoms with Crippen molar-refractivity contribution in [2.75, 3.05) is 13.7 Å². The second-order valence-electron chi connectivity index (χ2n) is 3.49. The molecule has 0 N–H and O–H groups in total. The predicted molar refractivity (Wildman–Crippen MR) is 62.9 cm³/mol. The largest absolute Gasteiger partial charge is 0.466 e. The molecular formula is C12H12FNO4. The molecule has 0 aromatic heterocycles. The monoisotopic (exact) mass is 253 g/mol. The van der Waals surface area contributed by atoms with Crippen molar-refractivity contribution in [3.63, 3.8) is 0 Å². The molecule has 0 aliphatic carbocycles. The summed E-state index contributed by atoms with van der Waals surface area (Å²) < 4.78 is 17.9. The molecule has 0 saturated heterocycles. The zero-order valence-electron chi connectivity index (χ0n) is 9.76. The summed E-state index contributed by atoms with van der Waals surface area (Å²) in [6.45, 7) is -0.407. The van der Waals surface area contributed by atoms with Crippen molar-refractivity contribution in [2.45, 2.75) is 6.42 Å². The lowest BCUT2D eigenvalue weighted by Crippen LogP contribution is -2.10. The minimum absolute atomic E-state index is 0.0688. The van der Waals surface area contributed by atoms with E-state index in [1.165, 1.54) is 31.4 Å². The fourth-order valence-electron chi connectivity index (χ4n) is 1.36. The van der Waals surface area contributed by atoms with Crippen LogP contribution in [-0.4, -0.2) is 24.5 Å². The quantitative estimate of drug-likeness (QED) is 0.348. The van der Waals surface area contributed by atoms with Crippen LogP contribution in [0.15, 0.2) is 29.8 Å². The summed E-state index contributed by atoms with van der Waals surface area (Å²) >= 11 is 0. The van der Waals surface area contributed by atoms with Crippen LogP contribution in [0.1, 0.15) is 12.0 Å². The first kappa shape index (κ1) is 13.8. The summed E-state index contributed by atoms with van der Waals surface area (Å²) in [7, 11) is 1.17. The third-order valence-corrected chi connectivity index (χ3v) is 2.25. The molecule has 0 aliphatic rings. The topological polar surface area (TPSA) is 69.4 Å². The number of carbonyl (C=O) groups is 1. The lowest BCUT2D eigenvalue weighted by Gasteiger charge is -2.03. The van der Waals surface area contributed by atoms with E-state index in [1.54, 1.807) is 6.07 Å². The van der Waals surface area contributed by atoms with Gasteiger partial charge in [-0.1, -0.05) is 18.2 Å². The standard InChI is InChI=1S/C12H12FNO4/c1-18-12(15)10(6-7-14(16)17)8-9-4-2-3-5-11(9)13/h2-5,8H,6-7H2,1H3/b10-8+. The number of halogens is 1. The third-order valence-electron chi connectivity index (χ3n) is 2.25. The molecule has 0 unspecified atom stereocenters. The van der Waals surface area contributed by atoms with Gasteiger partial charge in [0.1, 0.15) is 5.82 Å². The van der Waals surface area contributed by atoms with E-state index in [2.05, 4.69) is 4.74 Å². The Hall–Kier alpha value is -2.24. The number of methoxy groups -OCH3 is 1. The van der Waals surface area contributed by atoms with Crippen molar-refractivity contribution in [1.82, 2.24) is 0 Å². The van der Waals surface area contributed by atoms with E-state index in [9.17, 15) is 19.3 Å². The summed E-state index contributed by atoms with van der Waals surface area (Å²) in [4.78, 5) is 21.1. The second kappa shape index (κ2) is 6.48. The Balaban J connectivity index is 2.98. The lowest BCUT2D eigenvalue weighted by molar-refractivity contribution is -0.479. The van der Waals surface area contributed by atoms with Gasteiger partial charge in [-0.3, -0.25) is 10.1 Å². The smallest absolute Gasteiger partial charge is 0.333 e. The Morgan fingerprint density at radius 3 is 2.72 bits per heavy atom. The highest BCUT2D eigenvalue weighted by Gasteiger charge is 2.13. The minimum atomic E-state index is -0.694. The molecule has 0 radical (unpaired) electrons. The summed E-state index contributed by atoms with van der Waals surface area (Å²) in [6.07, 6.45) is 1.17. The Morgan fingerprint density at radius 2 is 2.17 bits per heavy atom. The highest BCUT2D eigenvalue weighted by Crippen LogP contribution is 2.14. The Bertz CT molecular complexity index is 485. The van der Waals surface area contributed by atoms with Crippen molar-refractivity contribution in [3.05, 3.63) is 51.3 Å². The predicted octanol–water partition coefficient (Wildman–Crippen LogP) is 2.05. The molecule has 0 spiro atoms. The fraction of sp³-hybridized carbons (Fsp3) is 0.250. The summed E-state index contributed by atoms with van der Waals surface area (Å²) in [6, 6.07) is 5.84. The number of nitrogens with zero attached hydrogens (tertiary/aromatic N) is 1. The molecule has 1 aromatic rings. The molecule has 6 heteroatoms. The molecule has 1 aromatic carbocycles. The normalized spacial score (nSPS) is 11.1. The van der Waals surface area contributed by atoms with Crippen LogP contribution in [-0.2, 0) is 9.53 Å². The van der Waals surface area contributed by atoms with Crippen LogP contribution in [0.2, 0.25) is 0 Å². The lowest BCUT2D eigenvalue weighted by atomic mass is 10.1. The molecule has 0 amide bonds. The van der Waals surface area contributed by atoms with Gasteiger partial charge in [0.25, 0.3) is 0 Å². The van der Waals surface area contributed by atoms with Gasteiger partial charge < -0.3 is 4.74 Å². The van der Waals surface area contributed by atoms with E-state index in [0.717, 1.165) is 0 Å². The number of ether oxygens (including phenoxy) is 1. The maximum Gasteiger partial charge on any atom is 0.333 e. The van der Waals surface area contributed by atoms with Crippen LogP contribution >= 0.6 is 0 Å². The first-order chi connectivity index (χ1) is 8.54. The molecule has 0 heterocycles. The maximum absolute atomic E-state index is 13.4. The van der Waals surface area contributed by atoms with E-state index in [0.29, 0.717) is 0 Å². The molecule has 0 bridgehead atoms. The van der Waals surface area contributed by atoms with E-state index < -0.39 is 23.3 Å². The van der Waals surface area contributed by atoms with Crippen LogP contribution < -0.4 is 0 Å². The number of esters is 1. The average molecular weight is 253 g/mol. The minimum Gasteiger partial charge on any atom is -0.466 e. The van der Waals surface area contributed by atoms with Crippen molar-refractivity contribution in [3.8, 4) is 0 Å². The van der Waals surface area contributed by atoms with Crippen molar-refractivity contribution < 1.29 is 18.8 Å². The van der Waals surface area contributed by atoms with Gasteiger partial charge in [0.2, 0.25) is 6.54 Å². The molecule has 0 aliphatic heterocycles. The van der Waals surface area contributed by atoms with Crippen LogP contribution in [0, 0.1) is 15.9 Å². The van der Waals surface area contributed by atoms with Crippen molar-refractivity contribution in [2.24, 2.45) is 0 Å². The summed E-state index contributed by atoms with van der Waals surface area (Å²) in [5.74, 6) is -1.19. The Morgan fingerprint density at radius 1 is 1.50 bits per heavy atom. The molecule has 1 rings (SSSR count). The van der Waals surface area contributed by atoms with Crippen LogP contribution in [0.3, 0.4) is 0 Å². The van der Waals surface area contributed by atoms with Gasteiger partial charge in [-0.2, -0.15) is 0 Å². The van der Waals surface area contributed by atoms with E-state index in [-0.39, 0.29) is 17.6 Å². The molecule has 0 atom stereocenters. The fourth-order valence-corrected chi connectivity index (χ4v) is 1.36. The number of nitro groups is 1. The van der Waals surface area contributed by atoms with Gasteiger partial charge in [0.15, 0.2) is 0 Å². The van der Waals surface area contributed by atoms with Gasteiger partial charge in [-0.05, 0) is 12.1 Å². The summed E-state index contributed by atoms with van der Waals surface area (Å²) in [5, 5.41) is 10.3. The molecule has 96 valence electrons. The van der Waals surface area contributed by atoms with Gasteiger partial charge in [0.05, 0.1) is 7.11 Å². The van der Waals surface area contributed by atoms with Gasteiger partial charge in [-0.15, -0.1) is 0 Å². The average Bonchev–Trinajstić information content (AvgIpc) is 2.35. The van der Waals surface area contributed by atoms with E-state index in [4.69, 9.17) is 0 Å². The number of hydrogen-bond donors (Lipinski definition) is 0. The molecule has 0 saturated carbocycles. The Kier molecular flexibility index (Phi) is 4.98. The number of carbonyl (C=O) groups excluding carboxylic acids is 1. The number of benzene rings is 1. The van der Waals surface area contributed by atoms with Crippen molar-refractivity contribution >= 4 is 12.0 Å².